The molecular formula is C32H40N2O6. The Hall–Kier alpha value is -3.07. The number of nitrogens with one attached hydrogen (secondary N) is 2. The molecule has 1 saturated carbocycles. The lowest BCUT2D eigenvalue weighted by atomic mass is 9.49. The Morgan fingerprint density at radius 1 is 1.10 bits per heavy atom. The van der Waals surface area contributed by atoms with Gasteiger partial charge in [-0.15, -0.1) is 0 Å². The number of aliphatic hydroxyl groups excluding tert-OH is 2. The summed E-state index contributed by atoms with van der Waals surface area (Å²) < 4.78 is 0. The van der Waals surface area contributed by atoms with Gasteiger partial charge < -0.3 is 25.6 Å². The minimum atomic E-state index is -1.66. The number of allylic oxidation sites excluding steroid dienone is 2. The molecule has 1 aromatic heterocycles. The Labute approximate surface area is 234 Å². The fourth-order valence-electron chi connectivity index (χ4n) is 7.56. The molecule has 2 heterocycles. The Balaban J connectivity index is 1.62. The normalized spacial score (nSPS) is 41.1. The zero-order valence-electron chi connectivity index (χ0n) is 23.6. The summed E-state index contributed by atoms with van der Waals surface area (Å²) >= 11 is 0. The van der Waals surface area contributed by atoms with Crippen molar-refractivity contribution in [3.8, 4) is 0 Å². The molecule has 0 bridgehead atoms. The lowest BCUT2D eigenvalue weighted by molar-refractivity contribution is -0.199. The molecule has 5 N–H and O–H groups in total. The van der Waals surface area contributed by atoms with E-state index in [9.17, 15) is 29.7 Å². The quantitative estimate of drug-likeness (QED) is 0.289. The molecule has 40 heavy (non-hydrogen) atoms. The summed E-state index contributed by atoms with van der Waals surface area (Å²) in [5.74, 6) is -3.60. The van der Waals surface area contributed by atoms with Gasteiger partial charge in [-0.05, 0) is 62.1 Å². The predicted octanol–water partition coefficient (Wildman–Crippen LogP) is 3.01. The van der Waals surface area contributed by atoms with Gasteiger partial charge in [0.25, 0.3) is 0 Å². The number of benzene rings is 1. The van der Waals surface area contributed by atoms with Crippen molar-refractivity contribution < 1.29 is 29.7 Å². The molecular weight excluding hydrogens is 508 g/mol. The highest BCUT2D eigenvalue weighted by atomic mass is 16.3. The van der Waals surface area contributed by atoms with E-state index in [2.05, 4.69) is 10.3 Å². The molecule has 2 aliphatic carbocycles. The first kappa shape index (κ1) is 28.5. The molecule has 1 amide bonds. The van der Waals surface area contributed by atoms with Crippen LogP contribution in [0.15, 0.2) is 54.3 Å². The number of fused-ring (bicyclic) bond motifs is 1. The first-order valence-electron chi connectivity index (χ1n) is 14.3. The van der Waals surface area contributed by atoms with Gasteiger partial charge in [0.2, 0.25) is 5.91 Å². The monoisotopic (exact) mass is 548 g/mol. The average Bonchev–Trinajstić information content (AvgIpc) is 3.45. The summed E-state index contributed by atoms with van der Waals surface area (Å²) in [5.41, 5.74) is -0.846. The highest BCUT2D eigenvalue weighted by Crippen LogP contribution is 2.58. The van der Waals surface area contributed by atoms with Gasteiger partial charge in [0.05, 0.1) is 11.7 Å². The fourth-order valence-corrected chi connectivity index (χ4v) is 7.56. The van der Waals surface area contributed by atoms with Crippen LogP contribution in [0.4, 0.5) is 0 Å². The maximum Gasteiger partial charge on any atom is 0.235 e. The number of hydrogen-bond acceptors (Lipinski definition) is 6. The summed E-state index contributed by atoms with van der Waals surface area (Å²) in [6.07, 6.45) is 5.12. The van der Waals surface area contributed by atoms with Crippen LogP contribution in [-0.4, -0.2) is 61.6 Å². The molecule has 0 unspecified atom stereocenters. The van der Waals surface area contributed by atoms with Gasteiger partial charge in [0.1, 0.15) is 17.3 Å². The largest absolute Gasteiger partial charge is 0.389 e. The maximum atomic E-state index is 14.3. The van der Waals surface area contributed by atoms with Gasteiger partial charge in [-0.1, -0.05) is 50.3 Å². The van der Waals surface area contributed by atoms with Crippen LogP contribution in [0, 0.1) is 29.1 Å². The van der Waals surface area contributed by atoms with Gasteiger partial charge in [-0.25, -0.2) is 0 Å². The third kappa shape index (κ3) is 4.37. The van der Waals surface area contributed by atoms with E-state index in [-0.39, 0.29) is 18.8 Å². The minimum absolute atomic E-state index is 0.0530. The van der Waals surface area contributed by atoms with Gasteiger partial charge >= 0.3 is 0 Å². The van der Waals surface area contributed by atoms with E-state index >= 15 is 0 Å². The number of hydrogen-bond donors (Lipinski definition) is 5. The first-order chi connectivity index (χ1) is 18.9. The van der Waals surface area contributed by atoms with Crippen LogP contribution in [0.2, 0.25) is 0 Å². The summed E-state index contributed by atoms with van der Waals surface area (Å²) in [4.78, 5) is 44.5. The number of carbonyl (C=O) groups is 3. The highest BCUT2D eigenvalue weighted by molar-refractivity contribution is 6.09. The number of aromatic amines is 1. The summed E-state index contributed by atoms with van der Waals surface area (Å²) in [7, 11) is 0. The Bertz CT molecular complexity index is 1390. The van der Waals surface area contributed by atoms with Gasteiger partial charge in [-0.2, -0.15) is 0 Å². The topological polar surface area (TPSA) is 140 Å². The zero-order valence-corrected chi connectivity index (χ0v) is 23.6. The third-order valence-electron chi connectivity index (χ3n) is 9.87. The van der Waals surface area contributed by atoms with Crippen LogP contribution >= 0.6 is 0 Å². The number of H-pyrrole nitrogens is 1. The second-order valence-electron chi connectivity index (χ2n) is 12.4. The number of aromatic nitrogens is 1. The zero-order chi connectivity index (χ0) is 29.0. The Morgan fingerprint density at radius 3 is 2.58 bits per heavy atom. The van der Waals surface area contributed by atoms with E-state index in [1.807, 2.05) is 43.5 Å². The van der Waals surface area contributed by atoms with Crippen LogP contribution < -0.4 is 5.32 Å². The standard InChI is InChI=1S/C32H40N2O6/c1-17-8-7-10-22-29(38)31(4,40)19(3)27-24(15-20-16-33-23-11-6-5-9-21(20)23)34-30(39)32(22,27)26(36)13-12-25(35)28(37)18(2)14-17/h5-7,9-11,14,16-17,19,22,24-25,27,29,33,35,38,40H,8,12-13,15H2,1-4H3,(H,34,39)/b10-7+,18-14+/t17-,19-,22-,24-,25+,27-,29-,31+,32+/m0/s1. The van der Waals surface area contributed by atoms with Crippen LogP contribution in [0.1, 0.15) is 52.5 Å². The van der Waals surface area contributed by atoms with Crippen molar-refractivity contribution in [1.82, 2.24) is 10.3 Å². The van der Waals surface area contributed by atoms with Crippen molar-refractivity contribution in [2.45, 2.75) is 77.2 Å². The molecule has 1 aliphatic heterocycles. The number of ketones is 2. The third-order valence-corrected chi connectivity index (χ3v) is 9.87. The summed E-state index contributed by atoms with van der Waals surface area (Å²) in [6.45, 7) is 6.96. The van der Waals surface area contributed by atoms with E-state index in [1.165, 1.54) is 0 Å². The van der Waals surface area contributed by atoms with E-state index in [4.69, 9.17) is 0 Å². The van der Waals surface area contributed by atoms with Gasteiger partial charge in [0.15, 0.2) is 5.78 Å². The fraction of sp³-hybridized carbons (Fsp3) is 0.531. The molecule has 1 saturated heterocycles. The molecule has 2 aromatic rings. The molecule has 1 spiro atoms. The van der Waals surface area contributed by atoms with Crippen LogP contribution in [-0.2, 0) is 20.8 Å². The van der Waals surface area contributed by atoms with E-state index < -0.39 is 64.5 Å². The SMILES string of the molecule is C/C1=C\[C@@H](C)C/C=C/[C@H]2[C@H](O)[C@](C)(O)[C@@H](C)[C@H]3[C@H](Cc4c[nH]c5ccccc45)NC(=O)[C@]32C(=O)CC[C@@H](O)C1=O. The van der Waals surface area contributed by atoms with Crippen molar-refractivity contribution in [3.63, 3.8) is 0 Å². The maximum absolute atomic E-state index is 14.3. The molecule has 9 atom stereocenters. The van der Waals surface area contributed by atoms with Crippen molar-refractivity contribution in [1.29, 1.82) is 0 Å². The number of carbonyl (C=O) groups excluding carboxylic acids is 3. The minimum Gasteiger partial charge on any atom is -0.389 e. The average molecular weight is 549 g/mol. The molecule has 214 valence electrons. The highest BCUT2D eigenvalue weighted by Gasteiger charge is 2.71. The van der Waals surface area contributed by atoms with Crippen LogP contribution in [0.3, 0.4) is 0 Å². The molecule has 3 aliphatic rings. The van der Waals surface area contributed by atoms with Crippen molar-refractivity contribution >= 4 is 28.4 Å². The molecule has 5 rings (SSSR count). The van der Waals surface area contributed by atoms with Gasteiger partial charge in [0, 0.05) is 41.4 Å². The first-order valence-corrected chi connectivity index (χ1v) is 14.3. The van der Waals surface area contributed by atoms with Crippen LogP contribution in [0.25, 0.3) is 10.9 Å². The van der Waals surface area contributed by atoms with Crippen LogP contribution in [0.5, 0.6) is 0 Å². The van der Waals surface area contributed by atoms with Crippen molar-refractivity contribution in [2.24, 2.45) is 29.1 Å². The smallest absolute Gasteiger partial charge is 0.235 e. The number of Topliss-reactive ketones (excluding diaryl/α,β-unsaturated/α-hetero) is 2. The lowest BCUT2D eigenvalue weighted by Gasteiger charge is -2.55. The van der Waals surface area contributed by atoms with E-state index in [0.29, 0.717) is 18.4 Å². The van der Waals surface area contributed by atoms with Gasteiger partial charge in [-0.3, -0.25) is 14.4 Å². The van der Waals surface area contributed by atoms with Crippen molar-refractivity contribution in [2.75, 3.05) is 0 Å². The Kier molecular flexibility index (Phi) is 7.40. The Morgan fingerprint density at radius 2 is 1.82 bits per heavy atom. The number of aliphatic hydroxyl groups is 3. The summed E-state index contributed by atoms with van der Waals surface area (Å²) in [6, 6.07) is 7.38. The second kappa shape index (κ2) is 10.4. The molecule has 8 nitrogen and oxygen atoms in total. The predicted molar refractivity (Wildman–Crippen MR) is 151 cm³/mol. The summed E-state index contributed by atoms with van der Waals surface area (Å²) in [5, 5.41) is 38.0. The lowest BCUT2D eigenvalue weighted by Crippen LogP contribution is -2.67. The van der Waals surface area contributed by atoms with Crippen molar-refractivity contribution in [3.05, 3.63) is 59.8 Å². The second-order valence-corrected chi connectivity index (χ2v) is 12.4. The molecule has 2 fully saturated rings. The van der Waals surface area contributed by atoms with E-state index in [0.717, 1.165) is 16.5 Å². The number of para-hydroxylation sites is 1. The molecule has 0 radical (unpaired) electrons. The number of amides is 1. The number of rotatable bonds is 2. The molecule has 1 aromatic carbocycles. The molecule has 8 heteroatoms. The van der Waals surface area contributed by atoms with E-state index in [1.54, 1.807) is 32.9 Å².